The molecule has 0 aromatic carbocycles. The van der Waals surface area contributed by atoms with Gasteiger partial charge in [-0.3, -0.25) is 0 Å². The van der Waals surface area contributed by atoms with E-state index in [-0.39, 0.29) is 0 Å². The third-order valence-electron chi connectivity index (χ3n) is 3.50. The average Bonchev–Trinajstić information content (AvgIpc) is 2.94. The first kappa shape index (κ1) is 12.1. The molecular weight excluding hydrogens is 216 g/mol. The number of aromatic nitrogens is 1. The van der Waals surface area contributed by atoms with Gasteiger partial charge in [0.15, 0.2) is 0 Å². The van der Waals surface area contributed by atoms with Crippen molar-refractivity contribution in [3.05, 3.63) is 24.0 Å². The molecule has 90 valence electrons. The number of aryl methyl sites for hydroxylation is 1. The van der Waals surface area contributed by atoms with E-state index in [0.717, 1.165) is 24.4 Å². The minimum atomic E-state index is 0.722. The fourth-order valence-electron chi connectivity index (χ4n) is 2.48. The van der Waals surface area contributed by atoms with E-state index < -0.39 is 0 Å². The lowest BCUT2D eigenvalue weighted by Crippen LogP contribution is -2.33. The van der Waals surface area contributed by atoms with Gasteiger partial charge in [-0.05, 0) is 37.7 Å². The van der Waals surface area contributed by atoms with Gasteiger partial charge in [-0.25, -0.2) is 0 Å². The summed E-state index contributed by atoms with van der Waals surface area (Å²) in [4.78, 5) is 0. The Bertz CT molecular complexity index is 321. The van der Waals surface area contributed by atoms with Crippen molar-refractivity contribution in [2.24, 2.45) is 0 Å². The van der Waals surface area contributed by atoms with E-state index in [1.807, 2.05) is 11.8 Å². The van der Waals surface area contributed by atoms with Crippen LogP contribution in [0.1, 0.15) is 31.7 Å². The molecule has 0 saturated heterocycles. The molecule has 1 aromatic rings. The molecule has 0 spiro atoms. The average molecular weight is 238 g/mol. The van der Waals surface area contributed by atoms with Crippen LogP contribution in [-0.4, -0.2) is 22.1 Å². The van der Waals surface area contributed by atoms with Gasteiger partial charge in [0.2, 0.25) is 0 Å². The first-order chi connectivity index (χ1) is 7.83. The second-order valence-corrected chi connectivity index (χ2v) is 5.62. The molecule has 0 aliphatic heterocycles. The zero-order chi connectivity index (χ0) is 11.4. The Kier molecular flexibility index (Phi) is 4.36. The molecule has 1 fully saturated rings. The Labute approximate surface area is 103 Å². The highest BCUT2D eigenvalue weighted by Crippen LogP contribution is 2.28. The lowest BCUT2D eigenvalue weighted by atomic mass is 10.2. The summed E-state index contributed by atoms with van der Waals surface area (Å²) < 4.78 is 2.23. The van der Waals surface area contributed by atoms with Crippen molar-refractivity contribution >= 4 is 11.8 Å². The Balaban J connectivity index is 1.82. The molecule has 1 heterocycles. The number of nitrogens with one attached hydrogen (secondary N) is 1. The monoisotopic (exact) mass is 238 g/mol. The smallest absolute Gasteiger partial charge is 0.0223 e. The summed E-state index contributed by atoms with van der Waals surface area (Å²) in [5.41, 5.74) is 1.41. The van der Waals surface area contributed by atoms with Crippen molar-refractivity contribution in [1.29, 1.82) is 0 Å². The summed E-state index contributed by atoms with van der Waals surface area (Å²) in [7, 11) is 0. The quantitative estimate of drug-likeness (QED) is 0.849. The first-order valence-electron chi connectivity index (χ1n) is 6.24. The highest BCUT2D eigenvalue weighted by atomic mass is 32.2. The fourth-order valence-corrected chi connectivity index (χ4v) is 3.45. The molecule has 2 nitrogen and oxygen atoms in total. The predicted octanol–water partition coefficient (Wildman–Crippen LogP) is 2.88. The van der Waals surface area contributed by atoms with Gasteiger partial charge in [0, 0.05) is 36.8 Å². The Morgan fingerprint density at radius 1 is 1.50 bits per heavy atom. The molecule has 1 aliphatic rings. The first-order valence-corrected chi connectivity index (χ1v) is 7.53. The topological polar surface area (TPSA) is 17.0 Å². The zero-order valence-corrected chi connectivity index (χ0v) is 11.1. The molecule has 2 atom stereocenters. The number of nitrogens with zero attached hydrogens (tertiary/aromatic N) is 1. The van der Waals surface area contributed by atoms with Gasteiger partial charge in [0.25, 0.3) is 0 Å². The third kappa shape index (κ3) is 2.83. The summed E-state index contributed by atoms with van der Waals surface area (Å²) in [6, 6.07) is 2.94. The van der Waals surface area contributed by atoms with Crippen LogP contribution in [0.2, 0.25) is 0 Å². The number of thioether (sulfide) groups is 1. The van der Waals surface area contributed by atoms with Crippen LogP contribution >= 0.6 is 11.8 Å². The van der Waals surface area contributed by atoms with E-state index in [0.29, 0.717) is 0 Å². The van der Waals surface area contributed by atoms with E-state index in [2.05, 4.69) is 41.5 Å². The van der Waals surface area contributed by atoms with E-state index in [4.69, 9.17) is 0 Å². The number of hydrogen-bond acceptors (Lipinski definition) is 2. The van der Waals surface area contributed by atoms with Gasteiger partial charge < -0.3 is 9.88 Å². The highest BCUT2D eigenvalue weighted by Gasteiger charge is 2.25. The van der Waals surface area contributed by atoms with E-state index in [9.17, 15) is 0 Å². The van der Waals surface area contributed by atoms with Crippen molar-refractivity contribution < 1.29 is 0 Å². The summed E-state index contributed by atoms with van der Waals surface area (Å²) in [6.45, 7) is 4.27. The van der Waals surface area contributed by atoms with E-state index in [1.165, 1.54) is 24.8 Å². The van der Waals surface area contributed by atoms with Crippen LogP contribution in [0.3, 0.4) is 0 Å². The molecule has 1 N–H and O–H groups in total. The van der Waals surface area contributed by atoms with Crippen LogP contribution in [0, 0.1) is 0 Å². The van der Waals surface area contributed by atoms with Crippen molar-refractivity contribution in [3.8, 4) is 0 Å². The maximum Gasteiger partial charge on any atom is 0.0223 e. The molecule has 0 bridgehead atoms. The summed E-state index contributed by atoms with van der Waals surface area (Å²) in [6.07, 6.45) is 10.8. The maximum absolute atomic E-state index is 3.70. The van der Waals surface area contributed by atoms with Crippen molar-refractivity contribution in [3.63, 3.8) is 0 Å². The van der Waals surface area contributed by atoms with Crippen LogP contribution in [0.5, 0.6) is 0 Å². The van der Waals surface area contributed by atoms with Crippen LogP contribution in [0.4, 0.5) is 0 Å². The van der Waals surface area contributed by atoms with Gasteiger partial charge in [0.1, 0.15) is 0 Å². The van der Waals surface area contributed by atoms with Crippen molar-refractivity contribution in [2.75, 3.05) is 6.26 Å². The maximum atomic E-state index is 3.70. The Morgan fingerprint density at radius 3 is 3.06 bits per heavy atom. The molecule has 2 rings (SSSR count). The van der Waals surface area contributed by atoms with Crippen molar-refractivity contribution in [1.82, 2.24) is 9.88 Å². The minimum Gasteiger partial charge on any atom is -0.354 e. The predicted molar refractivity (Wildman–Crippen MR) is 71.9 cm³/mol. The van der Waals surface area contributed by atoms with Gasteiger partial charge >= 0.3 is 0 Å². The molecule has 1 aliphatic carbocycles. The summed E-state index contributed by atoms with van der Waals surface area (Å²) >= 11 is 2.02. The van der Waals surface area contributed by atoms with E-state index in [1.54, 1.807) is 0 Å². The van der Waals surface area contributed by atoms with Crippen LogP contribution in [0.25, 0.3) is 0 Å². The molecule has 1 aromatic heterocycles. The third-order valence-corrected chi connectivity index (χ3v) is 4.67. The minimum absolute atomic E-state index is 0.722. The molecule has 16 heavy (non-hydrogen) atoms. The van der Waals surface area contributed by atoms with Crippen LogP contribution in [0.15, 0.2) is 18.5 Å². The molecule has 0 amide bonds. The standard InChI is InChI=1S/C13H22N2S/c1-3-15-8-7-11(10-15)9-14-12-5-4-6-13(12)16-2/h7-8,10,12-14H,3-6,9H2,1-2H3. The second-order valence-electron chi connectivity index (χ2n) is 4.54. The largest absolute Gasteiger partial charge is 0.354 e. The molecule has 1 saturated carbocycles. The van der Waals surface area contributed by atoms with Gasteiger partial charge in [-0.15, -0.1) is 0 Å². The molecule has 3 heteroatoms. The van der Waals surface area contributed by atoms with Gasteiger partial charge in [0.05, 0.1) is 0 Å². The Hall–Kier alpha value is -0.410. The number of rotatable bonds is 5. The van der Waals surface area contributed by atoms with Gasteiger partial charge in [-0.2, -0.15) is 11.8 Å². The van der Waals surface area contributed by atoms with Crippen LogP contribution in [-0.2, 0) is 13.1 Å². The fraction of sp³-hybridized carbons (Fsp3) is 0.692. The zero-order valence-electron chi connectivity index (χ0n) is 10.3. The van der Waals surface area contributed by atoms with Gasteiger partial charge in [-0.1, -0.05) is 6.42 Å². The second kappa shape index (κ2) is 5.78. The Morgan fingerprint density at radius 2 is 2.38 bits per heavy atom. The highest BCUT2D eigenvalue weighted by molar-refractivity contribution is 7.99. The van der Waals surface area contributed by atoms with Crippen molar-refractivity contribution in [2.45, 2.75) is 50.6 Å². The normalized spacial score (nSPS) is 25.1. The molecule has 2 unspecified atom stereocenters. The van der Waals surface area contributed by atoms with E-state index >= 15 is 0 Å². The SMILES string of the molecule is CCn1ccc(CNC2CCCC2SC)c1. The summed E-state index contributed by atoms with van der Waals surface area (Å²) in [5.74, 6) is 0. The number of hydrogen-bond donors (Lipinski definition) is 1. The molecular formula is C13H22N2S. The molecule has 0 radical (unpaired) electrons. The lowest BCUT2D eigenvalue weighted by Gasteiger charge is -2.18. The van der Waals surface area contributed by atoms with Crippen LogP contribution < -0.4 is 5.32 Å². The summed E-state index contributed by atoms with van der Waals surface area (Å²) in [5, 5.41) is 4.53. The lowest BCUT2D eigenvalue weighted by molar-refractivity contribution is 0.532.